The van der Waals surface area contributed by atoms with Gasteiger partial charge < -0.3 is 15.4 Å². The van der Waals surface area contributed by atoms with Crippen molar-refractivity contribution >= 4 is 5.91 Å². The molecular formula is C13H18N2O2. The molecule has 1 aliphatic heterocycles. The smallest absolute Gasteiger partial charge is 0.250 e. The van der Waals surface area contributed by atoms with Gasteiger partial charge in [-0.2, -0.15) is 0 Å². The molecule has 0 aliphatic carbocycles. The monoisotopic (exact) mass is 234 g/mol. The molecular weight excluding hydrogens is 216 g/mol. The Bertz CT molecular complexity index is 387. The van der Waals surface area contributed by atoms with Gasteiger partial charge in [0, 0.05) is 19.6 Å². The van der Waals surface area contributed by atoms with E-state index in [1.807, 2.05) is 31.2 Å². The van der Waals surface area contributed by atoms with Gasteiger partial charge in [-0.3, -0.25) is 4.79 Å². The van der Waals surface area contributed by atoms with Gasteiger partial charge in [-0.15, -0.1) is 0 Å². The first-order valence-electron chi connectivity index (χ1n) is 5.92. The van der Waals surface area contributed by atoms with Gasteiger partial charge in [0.2, 0.25) is 0 Å². The number of carbonyl (C=O) groups is 1. The van der Waals surface area contributed by atoms with Crippen molar-refractivity contribution in [3.63, 3.8) is 0 Å². The molecule has 2 rings (SSSR count). The molecule has 0 spiro atoms. The number of morpholine rings is 1. The number of hydrogen-bond donors (Lipinski definition) is 2. The molecule has 1 aromatic rings. The number of carbonyl (C=O) groups excluding carboxylic acids is 1. The lowest BCUT2D eigenvalue weighted by molar-refractivity contribution is -0.134. The Morgan fingerprint density at radius 3 is 3.06 bits per heavy atom. The maximum atomic E-state index is 11.8. The molecule has 1 heterocycles. The first kappa shape index (κ1) is 12.1. The van der Waals surface area contributed by atoms with E-state index in [-0.39, 0.29) is 12.0 Å². The molecule has 0 aromatic heterocycles. The summed E-state index contributed by atoms with van der Waals surface area (Å²) in [6, 6.07) is 8.04. The third-order valence-corrected chi connectivity index (χ3v) is 2.93. The highest BCUT2D eigenvalue weighted by Crippen LogP contribution is 2.06. The Labute approximate surface area is 101 Å². The van der Waals surface area contributed by atoms with E-state index in [1.165, 1.54) is 5.56 Å². The quantitative estimate of drug-likeness (QED) is 0.805. The summed E-state index contributed by atoms with van der Waals surface area (Å²) < 4.78 is 5.38. The molecule has 1 unspecified atom stereocenters. The maximum absolute atomic E-state index is 11.8. The average Bonchev–Trinajstić information content (AvgIpc) is 2.38. The third kappa shape index (κ3) is 3.28. The molecule has 17 heavy (non-hydrogen) atoms. The second kappa shape index (κ2) is 5.80. The normalized spacial score (nSPS) is 19.9. The molecule has 4 heteroatoms. The first-order chi connectivity index (χ1) is 8.27. The van der Waals surface area contributed by atoms with E-state index < -0.39 is 0 Å². The van der Waals surface area contributed by atoms with Crippen molar-refractivity contribution in [2.75, 3.05) is 19.7 Å². The van der Waals surface area contributed by atoms with Gasteiger partial charge in [0.05, 0.1) is 6.61 Å². The summed E-state index contributed by atoms with van der Waals surface area (Å²) in [5.41, 5.74) is 2.33. The predicted octanol–water partition coefficient (Wildman–Crippen LogP) is 0.600. The second-order valence-corrected chi connectivity index (χ2v) is 4.21. The Morgan fingerprint density at radius 2 is 2.35 bits per heavy atom. The number of amides is 1. The van der Waals surface area contributed by atoms with Crippen LogP contribution in [-0.4, -0.2) is 31.7 Å². The second-order valence-electron chi connectivity index (χ2n) is 4.21. The standard InChI is InChI=1S/C13H18N2O2/c1-10-4-2-3-5-11(10)8-15-13(16)12-9-14-6-7-17-12/h2-5,12,14H,6-9H2,1H3,(H,15,16). The minimum Gasteiger partial charge on any atom is -0.366 e. The van der Waals surface area contributed by atoms with Gasteiger partial charge >= 0.3 is 0 Å². The van der Waals surface area contributed by atoms with Crippen molar-refractivity contribution in [1.29, 1.82) is 0 Å². The van der Waals surface area contributed by atoms with E-state index in [9.17, 15) is 4.79 Å². The van der Waals surface area contributed by atoms with E-state index >= 15 is 0 Å². The molecule has 1 fully saturated rings. The summed E-state index contributed by atoms with van der Waals surface area (Å²) in [6.45, 7) is 4.62. The minimum absolute atomic E-state index is 0.0412. The Kier molecular flexibility index (Phi) is 4.12. The lowest BCUT2D eigenvalue weighted by atomic mass is 10.1. The fourth-order valence-electron chi connectivity index (χ4n) is 1.84. The van der Waals surface area contributed by atoms with E-state index in [1.54, 1.807) is 0 Å². The molecule has 1 saturated heterocycles. The highest BCUT2D eigenvalue weighted by atomic mass is 16.5. The molecule has 1 atom stereocenters. The number of aryl methyl sites for hydroxylation is 1. The molecule has 0 bridgehead atoms. The van der Waals surface area contributed by atoms with Crippen molar-refractivity contribution in [3.05, 3.63) is 35.4 Å². The van der Waals surface area contributed by atoms with E-state index in [0.29, 0.717) is 19.7 Å². The molecule has 92 valence electrons. The Balaban J connectivity index is 1.85. The molecule has 4 nitrogen and oxygen atoms in total. The van der Waals surface area contributed by atoms with Gasteiger partial charge in [-0.05, 0) is 18.1 Å². The van der Waals surface area contributed by atoms with Crippen LogP contribution in [0.4, 0.5) is 0 Å². The average molecular weight is 234 g/mol. The first-order valence-corrected chi connectivity index (χ1v) is 5.92. The van der Waals surface area contributed by atoms with Crippen molar-refractivity contribution < 1.29 is 9.53 Å². The molecule has 1 aromatic carbocycles. The van der Waals surface area contributed by atoms with Crippen LogP contribution in [0.5, 0.6) is 0 Å². The third-order valence-electron chi connectivity index (χ3n) is 2.93. The van der Waals surface area contributed by atoms with Crippen molar-refractivity contribution in [2.45, 2.75) is 19.6 Å². The fraction of sp³-hybridized carbons (Fsp3) is 0.462. The van der Waals surface area contributed by atoms with Gasteiger partial charge in [0.25, 0.3) is 5.91 Å². The fourth-order valence-corrected chi connectivity index (χ4v) is 1.84. The van der Waals surface area contributed by atoms with Crippen LogP contribution in [0, 0.1) is 6.92 Å². The topological polar surface area (TPSA) is 50.4 Å². The van der Waals surface area contributed by atoms with Crippen molar-refractivity contribution in [1.82, 2.24) is 10.6 Å². The van der Waals surface area contributed by atoms with Crippen LogP contribution in [-0.2, 0) is 16.1 Å². The highest BCUT2D eigenvalue weighted by Gasteiger charge is 2.21. The number of benzene rings is 1. The minimum atomic E-state index is -0.354. The van der Waals surface area contributed by atoms with E-state index in [4.69, 9.17) is 4.74 Å². The summed E-state index contributed by atoms with van der Waals surface area (Å²) in [4.78, 5) is 11.8. The lowest BCUT2D eigenvalue weighted by Crippen LogP contribution is -2.47. The van der Waals surface area contributed by atoms with Crippen LogP contribution in [0.2, 0.25) is 0 Å². The van der Waals surface area contributed by atoms with Gasteiger partial charge in [-0.1, -0.05) is 24.3 Å². The number of hydrogen-bond acceptors (Lipinski definition) is 3. The molecule has 2 N–H and O–H groups in total. The van der Waals surface area contributed by atoms with E-state index in [0.717, 1.165) is 12.1 Å². The molecule has 1 amide bonds. The van der Waals surface area contributed by atoms with Crippen LogP contribution < -0.4 is 10.6 Å². The van der Waals surface area contributed by atoms with E-state index in [2.05, 4.69) is 10.6 Å². The largest absolute Gasteiger partial charge is 0.366 e. The summed E-state index contributed by atoms with van der Waals surface area (Å²) in [5.74, 6) is -0.0412. The zero-order chi connectivity index (χ0) is 12.1. The van der Waals surface area contributed by atoms with Gasteiger partial charge in [-0.25, -0.2) is 0 Å². The van der Waals surface area contributed by atoms with Crippen LogP contribution in [0.3, 0.4) is 0 Å². The Morgan fingerprint density at radius 1 is 1.53 bits per heavy atom. The zero-order valence-corrected chi connectivity index (χ0v) is 10.0. The summed E-state index contributed by atoms with van der Waals surface area (Å²) in [5, 5.41) is 6.05. The molecule has 0 saturated carbocycles. The summed E-state index contributed by atoms with van der Waals surface area (Å²) >= 11 is 0. The summed E-state index contributed by atoms with van der Waals surface area (Å²) in [7, 11) is 0. The van der Waals surface area contributed by atoms with Crippen LogP contribution >= 0.6 is 0 Å². The summed E-state index contributed by atoms with van der Waals surface area (Å²) in [6.07, 6.45) is -0.354. The maximum Gasteiger partial charge on any atom is 0.250 e. The lowest BCUT2D eigenvalue weighted by Gasteiger charge is -2.22. The number of rotatable bonds is 3. The predicted molar refractivity (Wildman–Crippen MR) is 65.6 cm³/mol. The SMILES string of the molecule is Cc1ccccc1CNC(=O)C1CNCCO1. The number of ether oxygens (including phenoxy) is 1. The van der Waals surface area contributed by atoms with Crippen molar-refractivity contribution in [3.8, 4) is 0 Å². The Hall–Kier alpha value is -1.39. The zero-order valence-electron chi connectivity index (χ0n) is 10.0. The highest BCUT2D eigenvalue weighted by molar-refractivity contribution is 5.81. The van der Waals surface area contributed by atoms with Crippen LogP contribution in [0.1, 0.15) is 11.1 Å². The van der Waals surface area contributed by atoms with Crippen LogP contribution in [0.15, 0.2) is 24.3 Å². The number of nitrogens with one attached hydrogen (secondary N) is 2. The van der Waals surface area contributed by atoms with Gasteiger partial charge in [0.1, 0.15) is 6.10 Å². The van der Waals surface area contributed by atoms with Gasteiger partial charge in [0.15, 0.2) is 0 Å². The van der Waals surface area contributed by atoms with Crippen molar-refractivity contribution in [2.24, 2.45) is 0 Å². The molecule has 1 aliphatic rings. The molecule has 0 radical (unpaired) electrons. The van der Waals surface area contributed by atoms with Crippen LogP contribution in [0.25, 0.3) is 0 Å².